The SMILES string of the molecule is CC[C@H](C)C(C=NC(=O)Cc1cccc(F)c1F)C(=O)N[C@H]1CCc2cccc3c2N(C1O)[C@H](C(=O)NCc1nn[nH]n1)C3. The molecule has 0 spiro atoms. The number of halogens is 2. The molecule has 0 bridgehead atoms. The van der Waals surface area contributed by atoms with E-state index in [2.05, 4.69) is 36.3 Å². The molecule has 232 valence electrons. The fourth-order valence-corrected chi connectivity index (χ4v) is 5.75. The molecule has 0 radical (unpaired) electrons. The zero-order valence-corrected chi connectivity index (χ0v) is 24.3. The number of aromatic nitrogens is 4. The minimum Gasteiger partial charge on any atom is -0.371 e. The van der Waals surface area contributed by atoms with E-state index in [1.54, 1.807) is 4.90 Å². The number of nitrogens with zero attached hydrogens (tertiary/aromatic N) is 5. The highest BCUT2D eigenvalue weighted by Gasteiger charge is 2.44. The molecule has 2 aliphatic heterocycles. The molecule has 12 nitrogen and oxygen atoms in total. The summed E-state index contributed by atoms with van der Waals surface area (Å²) >= 11 is 0. The van der Waals surface area contributed by atoms with Crippen LogP contribution in [0, 0.1) is 23.5 Å². The molecule has 1 aromatic heterocycles. The second kappa shape index (κ2) is 13.4. The van der Waals surface area contributed by atoms with E-state index >= 15 is 0 Å². The maximum Gasteiger partial charge on any atom is 0.249 e. The predicted octanol–water partition coefficient (Wildman–Crippen LogP) is 1.78. The molecule has 0 saturated carbocycles. The predicted molar refractivity (Wildman–Crippen MR) is 155 cm³/mol. The first-order chi connectivity index (χ1) is 21.2. The summed E-state index contributed by atoms with van der Waals surface area (Å²) < 4.78 is 27.6. The van der Waals surface area contributed by atoms with E-state index in [1.165, 1.54) is 18.3 Å². The quantitative estimate of drug-likeness (QED) is 0.253. The van der Waals surface area contributed by atoms with Gasteiger partial charge in [0.2, 0.25) is 17.7 Å². The van der Waals surface area contributed by atoms with Crippen LogP contribution in [-0.4, -0.2) is 68.0 Å². The summed E-state index contributed by atoms with van der Waals surface area (Å²) in [6.45, 7) is 3.78. The van der Waals surface area contributed by atoms with Crippen molar-refractivity contribution in [2.24, 2.45) is 16.8 Å². The minimum atomic E-state index is -1.23. The van der Waals surface area contributed by atoms with E-state index < -0.39 is 54.1 Å². The number of H-pyrrole nitrogens is 1. The monoisotopic (exact) mass is 608 g/mol. The van der Waals surface area contributed by atoms with Gasteiger partial charge in [-0.3, -0.25) is 14.4 Å². The largest absolute Gasteiger partial charge is 0.371 e. The van der Waals surface area contributed by atoms with Gasteiger partial charge >= 0.3 is 0 Å². The summed E-state index contributed by atoms with van der Waals surface area (Å²) in [6, 6.07) is 7.88. The second-order valence-electron chi connectivity index (χ2n) is 11.1. The first-order valence-corrected chi connectivity index (χ1v) is 14.5. The van der Waals surface area contributed by atoms with Gasteiger partial charge in [-0.2, -0.15) is 5.21 Å². The minimum absolute atomic E-state index is 0.0552. The molecule has 4 N–H and O–H groups in total. The number of para-hydroxylation sites is 1. The maximum absolute atomic E-state index is 14.0. The van der Waals surface area contributed by atoms with Crippen LogP contribution in [0.5, 0.6) is 0 Å². The number of hydrogen-bond acceptors (Lipinski definition) is 8. The van der Waals surface area contributed by atoms with Crippen molar-refractivity contribution >= 4 is 29.6 Å². The summed E-state index contributed by atoms with van der Waals surface area (Å²) in [5.74, 6) is -4.41. The van der Waals surface area contributed by atoms with Crippen LogP contribution in [0.4, 0.5) is 14.5 Å². The number of anilines is 1. The van der Waals surface area contributed by atoms with E-state index in [0.717, 1.165) is 22.9 Å². The van der Waals surface area contributed by atoms with Crippen LogP contribution in [0.15, 0.2) is 41.4 Å². The van der Waals surface area contributed by atoms with Crippen molar-refractivity contribution in [1.29, 1.82) is 0 Å². The van der Waals surface area contributed by atoms with Crippen molar-refractivity contribution in [1.82, 2.24) is 31.3 Å². The van der Waals surface area contributed by atoms with Crippen molar-refractivity contribution in [3.05, 3.63) is 70.5 Å². The number of tetrazole rings is 1. The van der Waals surface area contributed by atoms with Crippen LogP contribution in [0.2, 0.25) is 0 Å². The Morgan fingerprint density at radius 2 is 1.98 bits per heavy atom. The first kappa shape index (κ1) is 30.9. The zero-order valence-electron chi connectivity index (χ0n) is 24.3. The molecule has 0 aliphatic carbocycles. The van der Waals surface area contributed by atoms with E-state index in [9.17, 15) is 28.3 Å². The van der Waals surface area contributed by atoms with Gasteiger partial charge in [-0.15, -0.1) is 10.2 Å². The summed E-state index contributed by atoms with van der Waals surface area (Å²) in [7, 11) is 0. The van der Waals surface area contributed by atoms with Crippen LogP contribution in [0.25, 0.3) is 0 Å². The molecular formula is C30H34F2N8O4. The maximum atomic E-state index is 14.0. The van der Waals surface area contributed by atoms with E-state index in [4.69, 9.17) is 0 Å². The Bertz CT molecular complexity index is 1550. The number of rotatable bonds is 10. The molecule has 2 aliphatic rings. The first-order valence-electron chi connectivity index (χ1n) is 14.5. The molecule has 3 heterocycles. The van der Waals surface area contributed by atoms with Gasteiger partial charge in [0.15, 0.2) is 17.5 Å². The van der Waals surface area contributed by atoms with Gasteiger partial charge in [-0.05, 0) is 36.0 Å². The Morgan fingerprint density at radius 3 is 2.73 bits per heavy atom. The van der Waals surface area contributed by atoms with Crippen LogP contribution in [-0.2, 0) is 40.2 Å². The van der Waals surface area contributed by atoms with Gasteiger partial charge in [-0.25, -0.2) is 13.8 Å². The van der Waals surface area contributed by atoms with Crippen molar-refractivity contribution in [3.63, 3.8) is 0 Å². The van der Waals surface area contributed by atoms with Crippen molar-refractivity contribution in [2.75, 3.05) is 4.90 Å². The Hall–Kier alpha value is -4.59. The number of aromatic amines is 1. The summed E-state index contributed by atoms with van der Waals surface area (Å²) in [5.41, 5.74) is 2.54. The smallest absolute Gasteiger partial charge is 0.249 e. The molecule has 44 heavy (non-hydrogen) atoms. The molecule has 2 unspecified atom stereocenters. The zero-order chi connectivity index (χ0) is 31.4. The third-order valence-corrected chi connectivity index (χ3v) is 8.33. The van der Waals surface area contributed by atoms with Crippen molar-refractivity contribution < 1.29 is 28.3 Å². The van der Waals surface area contributed by atoms with Gasteiger partial charge in [-0.1, -0.05) is 55.8 Å². The summed E-state index contributed by atoms with van der Waals surface area (Å²) in [5, 5.41) is 30.9. The number of benzene rings is 2. The van der Waals surface area contributed by atoms with E-state index in [-0.39, 0.29) is 23.9 Å². The number of aryl methyl sites for hydroxylation is 1. The highest BCUT2D eigenvalue weighted by Crippen LogP contribution is 2.40. The number of aliphatic imine (C=N–C) groups is 1. The number of aliphatic hydroxyl groups excluding tert-OH is 1. The summed E-state index contributed by atoms with van der Waals surface area (Å²) in [6.07, 6.45) is 1.47. The highest BCUT2D eigenvalue weighted by atomic mass is 19.2. The van der Waals surface area contributed by atoms with E-state index in [0.29, 0.717) is 31.5 Å². The molecule has 2 aromatic carbocycles. The van der Waals surface area contributed by atoms with Crippen LogP contribution >= 0.6 is 0 Å². The van der Waals surface area contributed by atoms with Crippen LogP contribution in [0.1, 0.15) is 49.2 Å². The van der Waals surface area contributed by atoms with Gasteiger partial charge in [0, 0.05) is 23.9 Å². The fourth-order valence-electron chi connectivity index (χ4n) is 5.75. The van der Waals surface area contributed by atoms with E-state index in [1.807, 2.05) is 32.0 Å². The lowest BCUT2D eigenvalue weighted by Gasteiger charge is -2.35. The summed E-state index contributed by atoms with van der Waals surface area (Å²) in [4.78, 5) is 45.0. The van der Waals surface area contributed by atoms with Crippen LogP contribution in [0.3, 0.4) is 0 Å². The Kier molecular flexibility index (Phi) is 9.37. The topological polar surface area (TPSA) is 166 Å². The molecule has 5 rings (SSSR count). The Morgan fingerprint density at radius 1 is 1.20 bits per heavy atom. The van der Waals surface area contributed by atoms with Gasteiger partial charge in [0.25, 0.3) is 0 Å². The molecule has 3 aromatic rings. The fraction of sp³-hybridized carbons (Fsp3) is 0.433. The van der Waals surface area contributed by atoms with Crippen LogP contribution < -0.4 is 15.5 Å². The standard InChI is InChI=1S/C30H34F2N8O4/c1-3-16(2)20(14-33-25(41)13-18-7-5-9-21(31)26(18)32)28(42)35-22-11-10-17-6-4-8-19-12-23(40(27(17)19)30(22)44)29(43)34-15-24-36-38-39-37-24/h4-9,14,16,20,22-23,30,44H,3,10-13,15H2,1-2H3,(H,34,43)(H,35,42)(H,36,37,38,39)/t16-,20?,22-,23-,30?/m0/s1. The molecule has 5 atom stereocenters. The average Bonchev–Trinajstić information content (AvgIpc) is 3.65. The number of carbonyl (C=O) groups is 3. The highest BCUT2D eigenvalue weighted by molar-refractivity contribution is 5.98. The number of aliphatic hydroxyl groups is 1. The normalized spacial score (nSPS) is 20.6. The number of amides is 3. The van der Waals surface area contributed by atoms with Crippen molar-refractivity contribution in [2.45, 2.75) is 70.8 Å². The van der Waals surface area contributed by atoms with Gasteiger partial charge in [0.1, 0.15) is 12.3 Å². The lowest BCUT2D eigenvalue weighted by molar-refractivity contribution is -0.125. The number of hydrogen-bond donors (Lipinski definition) is 4. The molecule has 14 heteroatoms. The molecule has 0 fully saturated rings. The second-order valence-corrected chi connectivity index (χ2v) is 11.1. The average molecular weight is 609 g/mol. The third kappa shape index (κ3) is 6.49. The Balaban J connectivity index is 1.31. The Labute approximate surface area is 252 Å². The lowest BCUT2D eigenvalue weighted by atomic mass is 9.91. The number of carbonyl (C=O) groups excluding carboxylic acids is 3. The molecule has 0 saturated heterocycles. The number of nitrogens with one attached hydrogen (secondary N) is 3. The van der Waals surface area contributed by atoms with Crippen molar-refractivity contribution in [3.8, 4) is 0 Å². The third-order valence-electron chi connectivity index (χ3n) is 8.33. The molecular weight excluding hydrogens is 574 g/mol. The van der Waals surface area contributed by atoms with Gasteiger partial charge < -0.3 is 20.6 Å². The van der Waals surface area contributed by atoms with Gasteiger partial charge in [0.05, 0.1) is 24.9 Å². The lowest BCUT2D eigenvalue weighted by Crippen LogP contribution is -2.57. The molecule has 3 amide bonds.